The van der Waals surface area contributed by atoms with Gasteiger partial charge in [0.05, 0.1) is 6.54 Å². The van der Waals surface area contributed by atoms with E-state index < -0.39 is 0 Å². The second-order valence-electron chi connectivity index (χ2n) is 6.57. The molecule has 2 heterocycles. The highest BCUT2D eigenvalue weighted by atomic mass is 16.5. The van der Waals surface area contributed by atoms with E-state index in [1.807, 2.05) is 42.5 Å². The first kappa shape index (κ1) is 16.6. The molecule has 0 radical (unpaired) electrons. The van der Waals surface area contributed by atoms with E-state index >= 15 is 0 Å². The van der Waals surface area contributed by atoms with Gasteiger partial charge in [0.1, 0.15) is 11.6 Å². The monoisotopic (exact) mass is 350 g/mol. The van der Waals surface area contributed by atoms with E-state index in [1.54, 1.807) is 0 Å². The molecule has 0 unspecified atom stereocenters. The molecular formula is C20H22N4O2. The average Bonchev–Trinajstić information content (AvgIpc) is 2.90. The lowest BCUT2D eigenvalue weighted by Crippen LogP contribution is -2.29. The number of nitrogens with one attached hydrogen (secondary N) is 1. The van der Waals surface area contributed by atoms with Crippen molar-refractivity contribution in [3.8, 4) is 5.75 Å². The van der Waals surface area contributed by atoms with Crippen molar-refractivity contribution in [1.29, 1.82) is 0 Å². The van der Waals surface area contributed by atoms with Crippen molar-refractivity contribution < 1.29 is 9.53 Å². The average molecular weight is 350 g/mol. The Labute approximate surface area is 152 Å². The number of benzene rings is 2. The van der Waals surface area contributed by atoms with Crippen molar-refractivity contribution in [2.75, 3.05) is 6.61 Å². The molecule has 2 aromatic carbocycles. The minimum absolute atomic E-state index is 0.0145. The van der Waals surface area contributed by atoms with E-state index in [0.29, 0.717) is 12.3 Å². The fourth-order valence-electron chi connectivity index (χ4n) is 3.31. The second kappa shape index (κ2) is 7.56. The SMILES string of the molecule is O=C(COc1ccc2ccccc2c1)NCc1nnc2n1CCCCC2. The van der Waals surface area contributed by atoms with Gasteiger partial charge in [-0.3, -0.25) is 4.79 Å². The maximum Gasteiger partial charge on any atom is 0.258 e. The van der Waals surface area contributed by atoms with E-state index in [9.17, 15) is 4.79 Å². The van der Waals surface area contributed by atoms with Crippen molar-refractivity contribution in [3.63, 3.8) is 0 Å². The molecule has 3 aromatic rings. The highest BCUT2D eigenvalue weighted by molar-refractivity contribution is 5.84. The number of ether oxygens (including phenoxy) is 1. The number of amides is 1. The Morgan fingerprint density at radius 2 is 1.96 bits per heavy atom. The van der Waals surface area contributed by atoms with Gasteiger partial charge in [0, 0.05) is 13.0 Å². The maximum absolute atomic E-state index is 12.1. The lowest BCUT2D eigenvalue weighted by Gasteiger charge is -2.09. The van der Waals surface area contributed by atoms with Crippen LogP contribution in [0.2, 0.25) is 0 Å². The molecule has 0 bridgehead atoms. The van der Waals surface area contributed by atoms with Crippen LogP contribution in [0.4, 0.5) is 0 Å². The zero-order valence-electron chi connectivity index (χ0n) is 14.6. The summed E-state index contributed by atoms with van der Waals surface area (Å²) in [4.78, 5) is 12.1. The highest BCUT2D eigenvalue weighted by Crippen LogP contribution is 2.20. The van der Waals surface area contributed by atoms with Crippen LogP contribution in [0, 0.1) is 0 Å². The summed E-state index contributed by atoms with van der Waals surface area (Å²) < 4.78 is 7.76. The number of hydrogen-bond acceptors (Lipinski definition) is 4. The van der Waals surface area contributed by atoms with E-state index in [-0.39, 0.29) is 12.5 Å². The normalized spacial score (nSPS) is 13.8. The maximum atomic E-state index is 12.1. The summed E-state index contributed by atoms with van der Waals surface area (Å²) in [6, 6.07) is 13.9. The molecule has 0 spiro atoms. The molecule has 0 atom stereocenters. The first-order valence-corrected chi connectivity index (χ1v) is 9.09. The van der Waals surface area contributed by atoms with Gasteiger partial charge in [-0.2, -0.15) is 0 Å². The van der Waals surface area contributed by atoms with Crippen molar-refractivity contribution in [2.24, 2.45) is 0 Å². The molecule has 0 aliphatic carbocycles. The second-order valence-corrected chi connectivity index (χ2v) is 6.57. The highest BCUT2D eigenvalue weighted by Gasteiger charge is 2.15. The van der Waals surface area contributed by atoms with Gasteiger partial charge in [-0.1, -0.05) is 36.8 Å². The fraction of sp³-hybridized carbons (Fsp3) is 0.350. The largest absolute Gasteiger partial charge is 0.484 e. The van der Waals surface area contributed by atoms with Crippen LogP contribution in [0.5, 0.6) is 5.75 Å². The van der Waals surface area contributed by atoms with Crippen molar-refractivity contribution in [3.05, 3.63) is 54.1 Å². The van der Waals surface area contributed by atoms with E-state index in [0.717, 1.165) is 48.2 Å². The van der Waals surface area contributed by atoms with E-state index in [1.165, 1.54) is 6.42 Å². The van der Waals surface area contributed by atoms with Crippen LogP contribution in [0.25, 0.3) is 10.8 Å². The quantitative estimate of drug-likeness (QED) is 0.768. The van der Waals surface area contributed by atoms with Gasteiger partial charge >= 0.3 is 0 Å². The number of fused-ring (bicyclic) bond motifs is 2. The predicted octanol–water partition coefficient (Wildman–Crippen LogP) is 2.85. The molecule has 26 heavy (non-hydrogen) atoms. The Bertz CT molecular complexity index is 919. The summed E-state index contributed by atoms with van der Waals surface area (Å²) in [5, 5.41) is 13.6. The Hall–Kier alpha value is -2.89. The zero-order valence-corrected chi connectivity index (χ0v) is 14.6. The Morgan fingerprint density at radius 3 is 2.88 bits per heavy atom. The minimum atomic E-state index is -0.163. The van der Waals surface area contributed by atoms with Crippen LogP contribution in [0.1, 0.15) is 30.9 Å². The van der Waals surface area contributed by atoms with Gasteiger partial charge in [0.2, 0.25) is 0 Å². The van der Waals surface area contributed by atoms with Crippen LogP contribution in [0.15, 0.2) is 42.5 Å². The summed E-state index contributed by atoms with van der Waals surface area (Å²) >= 11 is 0. The molecule has 1 aliphatic rings. The molecule has 1 aromatic heterocycles. The number of aryl methyl sites for hydroxylation is 1. The molecular weight excluding hydrogens is 328 g/mol. The summed E-state index contributed by atoms with van der Waals surface area (Å²) in [5.74, 6) is 2.37. The van der Waals surface area contributed by atoms with Gasteiger partial charge in [0.25, 0.3) is 5.91 Å². The van der Waals surface area contributed by atoms with Crippen molar-refractivity contribution in [1.82, 2.24) is 20.1 Å². The molecule has 4 rings (SSSR count). The Kier molecular flexibility index (Phi) is 4.82. The molecule has 6 heteroatoms. The minimum Gasteiger partial charge on any atom is -0.484 e. The molecule has 0 saturated heterocycles. The lowest BCUT2D eigenvalue weighted by atomic mass is 10.1. The molecule has 134 valence electrons. The van der Waals surface area contributed by atoms with E-state index in [4.69, 9.17) is 4.74 Å². The standard InChI is InChI=1S/C20H22N4O2/c25-20(14-26-17-10-9-15-6-3-4-7-16(15)12-17)21-13-19-23-22-18-8-2-1-5-11-24(18)19/h3-4,6-7,9-10,12H,1-2,5,8,11,13-14H2,(H,21,25). The topological polar surface area (TPSA) is 69.0 Å². The summed E-state index contributed by atoms with van der Waals surface area (Å²) in [6.07, 6.45) is 4.47. The van der Waals surface area contributed by atoms with Crippen LogP contribution >= 0.6 is 0 Å². The molecule has 6 nitrogen and oxygen atoms in total. The molecule has 1 amide bonds. The first-order valence-electron chi connectivity index (χ1n) is 9.09. The summed E-state index contributed by atoms with van der Waals surface area (Å²) in [6.45, 7) is 1.30. The fourth-order valence-corrected chi connectivity index (χ4v) is 3.31. The Balaban J connectivity index is 1.32. The third-order valence-corrected chi connectivity index (χ3v) is 4.72. The number of hydrogen-bond donors (Lipinski definition) is 1. The van der Waals surface area contributed by atoms with Gasteiger partial charge in [-0.05, 0) is 35.7 Å². The third kappa shape index (κ3) is 3.69. The van der Waals surface area contributed by atoms with Crippen LogP contribution in [0.3, 0.4) is 0 Å². The molecule has 0 fully saturated rings. The smallest absolute Gasteiger partial charge is 0.258 e. The predicted molar refractivity (Wildman–Crippen MR) is 98.9 cm³/mol. The number of carbonyl (C=O) groups excluding carboxylic acids is 1. The number of rotatable bonds is 5. The van der Waals surface area contributed by atoms with Crippen molar-refractivity contribution in [2.45, 2.75) is 38.8 Å². The Morgan fingerprint density at radius 1 is 1.08 bits per heavy atom. The van der Waals surface area contributed by atoms with Crippen LogP contribution in [-0.4, -0.2) is 27.3 Å². The van der Waals surface area contributed by atoms with Crippen molar-refractivity contribution >= 4 is 16.7 Å². The van der Waals surface area contributed by atoms with Gasteiger partial charge in [-0.15, -0.1) is 10.2 Å². The summed E-state index contributed by atoms with van der Waals surface area (Å²) in [7, 11) is 0. The zero-order chi connectivity index (χ0) is 17.8. The molecule has 1 aliphatic heterocycles. The number of nitrogens with zero attached hydrogens (tertiary/aromatic N) is 3. The molecule has 0 saturated carbocycles. The van der Waals surface area contributed by atoms with Gasteiger partial charge in [-0.25, -0.2) is 0 Å². The third-order valence-electron chi connectivity index (χ3n) is 4.72. The number of carbonyl (C=O) groups is 1. The van der Waals surface area contributed by atoms with Crippen LogP contribution < -0.4 is 10.1 Å². The lowest BCUT2D eigenvalue weighted by molar-refractivity contribution is -0.123. The van der Waals surface area contributed by atoms with Gasteiger partial charge in [0.15, 0.2) is 12.4 Å². The molecule has 1 N–H and O–H groups in total. The summed E-state index contributed by atoms with van der Waals surface area (Å²) in [5.41, 5.74) is 0. The van der Waals surface area contributed by atoms with Gasteiger partial charge < -0.3 is 14.6 Å². The van der Waals surface area contributed by atoms with E-state index in [2.05, 4.69) is 20.1 Å². The number of aromatic nitrogens is 3. The van der Waals surface area contributed by atoms with Crippen LogP contribution in [-0.2, 0) is 24.3 Å². The first-order chi connectivity index (χ1) is 12.8.